The molecule has 2 aromatic rings. The first-order valence-corrected chi connectivity index (χ1v) is 6.89. The Bertz CT molecular complexity index is 721. The van der Waals surface area contributed by atoms with Gasteiger partial charge in [-0.2, -0.15) is 0 Å². The number of pyridine rings is 1. The van der Waals surface area contributed by atoms with Crippen molar-refractivity contribution in [3.63, 3.8) is 0 Å². The molecule has 0 radical (unpaired) electrons. The van der Waals surface area contributed by atoms with Crippen LogP contribution in [0.2, 0.25) is 0 Å². The van der Waals surface area contributed by atoms with E-state index in [1.807, 2.05) is 0 Å². The van der Waals surface area contributed by atoms with Crippen molar-refractivity contribution in [3.05, 3.63) is 59.4 Å². The number of benzene rings is 1. The molecule has 0 spiro atoms. The van der Waals surface area contributed by atoms with Gasteiger partial charge in [0, 0.05) is 17.7 Å². The number of aliphatic hydroxyl groups excluding tert-OH is 1. The van der Waals surface area contributed by atoms with E-state index in [9.17, 15) is 18.7 Å². The van der Waals surface area contributed by atoms with Crippen molar-refractivity contribution in [1.82, 2.24) is 4.98 Å². The van der Waals surface area contributed by atoms with Gasteiger partial charge in [0.25, 0.3) is 0 Å². The topological polar surface area (TPSA) is 62.2 Å². The molecule has 4 nitrogen and oxygen atoms in total. The number of amides is 1. The Morgan fingerprint density at radius 3 is 2.86 bits per heavy atom. The van der Waals surface area contributed by atoms with Crippen molar-refractivity contribution in [1.29, 1.82) is 0 Å². The molecule has 1 aromatic carbocycles. The molecule has 0 unspecified atom stereocenters. The van der Waals surface area contributed by atoms with Crippen molar-refractivity contribution < 1.29 is 18.7 Å². The van der Waals surface area contributed by atoms with E-state index in [2.05, 4.69) is 10.3 Å². The van der Waals surface area contributed by atoms with Gasteiger partial charge in [0.2, 0.25) is 5.91 Å². The third-order valence-electron chi connectivity index (χ3n) is 3.84. The van der Waals surface area contributed by atoms with Gasteiger partial charge in [-0.3, -0.25) is 9.78 Å². The summed E-state index contributed by atoms with van der Waals surface area (Å²) in [5.74, 6) is -2.40. The lowest BCUT2D eigenvalue weighted by Crippen LogP contribution is -2.16. The van der Waals surface area contributed by atoms with Gasteiger partial charge < -0.3 is 10.4 Å². The number of hydrogen-bond donors (Lipinski definition) is 2. The number of aliphatic hydroxyl groups is 1. The summed E-state index contributed by atoms with van der Waals surface area (Å²) in [6.07, 6.45) is 3.59. The van der Waals surface area contributed by atoms with Gasteiger partial charge in [-0.1, -0.05) is 6.07 Å². The standard InChI is InChI=1S/C16H14F2N2O2/c17-13-2-1-9(5-14(13)18)11-6-12(11)16(22)20-15-7-19-4-3-10(15)8-21/h1-5,7,11-12,21H,6,8H2,(H,20,22)/t11-,12+/m1/s1. The van der Waals surface area contributed by atoms with Gasteiger partial charge in [0.1, 0.15) is 0 Å². The number of carbonyl (C=O) groups is 1. The Hall–Kier alpha value is -2.34. The highest BCUT2D eigenvalue weighted by molar-refractivity contribution is 5.95. The zero-order valence-corrected chi connectivity index (χ0v) is 11.6. The quantitative estimate of drug-likeness (QED) is 0.912. The first kappa shape index (κ1) is 14.6. The molecule has 0 aliphatic heterocycles. The zero-order valence-electron chi connectivity index (χ0n) is 11.6. The van der Waals surface area contributed by atoms with Crippen LogP contribution in [0.15, 0.2) is 36.7 Å². The largest absolute Gasteiger partial charge is 0.392 e. The van der Waals surface area contributed by atoms with Crippen LogP contribution in [0.25, 0.3) is 0 Å². The van der Waals surface area contributed by atoms with E-state index in [0.717, 1.165) is 12.1 Å². The average molecular weight is 304 g/mol. The summed E-state index contributed by atoms with van der Waals surface area (Å²) in [5, 5.41) is 11.9. The monoisotopic (exact) mass is 304 g/mol. The maximum Gasteiger partial charge on any atom is 0.228 e. The molecule has 22 heavy (non-hydrogen) atoms. The van der Waals surface area contributed by atoms with E-state index < -0.39 is 11.6 Å². The second-order valence-corrected chi connectivity index (χ2v) is 5.30. The van der Waals surface area contributed by atoms with Crippen molar-refractivity contribution >= 4 is 11.6 Å². The van der Waals surface area contributed by atoms with Crippen molar-refractivity contribution in [2.24, 2.45) is 5.92 Å². The SMILES string of the molecule is O=C(Nc1cnccc1CO)[C@H]1C[C@@H]1c1ccc(F)c(F)c1. The van der Waals surface area contributed by atoms with Gasteiger partial charge in [-0.05, 0) is 36.1 Å². The minimum atomic E-state index is -0.904. The highest BCUT2D eigenvalue weighted by Gasteiger charge is 2.44. The molecule has 1 heterocycles. The third kappa shape index (κ3) is 2.82. The van der Waals surface area contributed by atoms with E-state index in [1.54, 1.807) is 6.07 Å². The molecule has 6 heteroatoms. The average Bonchev–Trinajstić information content (AvgIpc) is 3.31. The molecule has 1 aliphatic rings. The van der Waals surface area contributed by atoms with Crippen molar-refractivity contribution in [3.8, 4) is 0 Å². The second-order valence-electron chi connectivity index (χ2n) is 5.30. The van der Waals surface area contributed by atoms with Gasteiger partial charge >= 0.3 is 0 Å². The summed E-state index contributed by atoms with van der Waals surface area (Å²) in [4.78, 5) is 16.1. The van der Waals surface area contributed by atoms with Crippen LogP contribution in [0.1, 0.15) is 23.5 Å². The van der Waals surface area contributed by atoms with Crippen molar-refractivity contribution in [2.75, 3.05) is 5.32 Å². The van der Waals surface area contributed by atoms with Crippen LogP contribution in [-0.2, 0) is 11.4 Å². The van der Waals surface area contributed by atoms with E-state index in [4.69, 9.17) is 0 Å². The number of nitrogens with one attached hydrogen (secondary N) is 1. The lowest BCUT2D eigenvalue weighted by atomic mass is 10.1. The Morgan fingerprint density at radius 1 is 1.32 bits per heavy atom. The summed E-state index contributed by atoms with van der Waals surface area (Å²) < 4.78 is 26.2. The Kier molecular flexibility index (Phi) is 3.85. The first-order valence-electron chi connectivity index (χ1n) is 6.89. The minimum absolute atomic E-state index is 0.107. The fraction of sp³-hybridized carbons (Fsp3) is 0.250. The molecule has 0 bridgehead atoms. The summed E-state index contributed by atoms with van der Waals surface area (Å²) in [7, 11) is 0. The molecule has 2 atom stereocenters. The maximum absolute atomic E-state index is 13.2. The van der Waals surface area contributed by atoms with E-state index in [1.165, 1.54) is 18.5 Å². The minimum Gasteiger partial charge on any atom is -0.392 e. The third-order valence-corrected chi connectivity index (χ3v) is 3.84. The van der Waals surface area contributed by atoms with Crippen LogP contribution in [-0.4, -0.2) is 16.0 Å². The van der Waals surface area contributed by atoms with Gasteiger partial charge in [-0.25, -0.2) is 8.78 Å². The van der Waals surface area contributed by atoms with Crippen molar-refractivity contribution in [2.45, 2.75) is 18.9 Å². The van der Waals surface area contributed by atoms with Crippen LogP contribution in [0.3, 0.4) is 0 Å². The molecular weight excluding hydrogens is 290 g/mol. The van der Waals surface area contributed by atoms with E-state index in [0.29, 0.717) is 23.2 Å². The molecule has 1 fully saturated rings. The number of carbonyl (C=O) groups excluding carboxylic acids is 1. The number of hydrogen-bond acceptors (Lipinski definition) is 3. The smallest absolute Gasteiger partial charge is 0.228 e. The summed E-state index contributed by atoms with van der Waals surface area (Å²) in [6.45, 7) is -0.199. The number of anilines is 1. The predicted molar refractivity (Wildman–Crippen MR) is 76.0 cm³/mol. The lowest BCUT2D eigenvalue weighted by molar-refractivity contribution is -0.117. The number of aromatic nitrogens is 1. The molecule has 3 rings (SSSR count). The maximum atomic E-state index is 13.2. The number of halogens is 2. The Labute approximate surface area is 125 Å². The van der Waals surface area contributed by atoms with Crippen LogP contribution in [0.4, 0.5) is 14.5 Å². The molecule has 1 aliphatic carbocycles. The summed E-state index contributed by atoms with van der Waals surface area (Å²) in [5.41, 5.74) is 1.66. The normalized spacial score (nSPS) is 19.8. The van der Waals surface area contributed by atoms with Crippen LogP contribution < -0.4 is 5.32 Å². The Morgan fingerprint density at radius 2 is 2.14 bits per heavy atom. The van der Waals surface area contributed by atoms with Gasteiger partial charge in [-0.15, -0.1) is 0 Å². The number of nitrogens with zero attached hydrogens (tertiary/aromatic N) is 1. The molecule has 1 amide bonds. The fourth-order valence-corrected chi connectivity index (χ4v) is 2.50. The lowest BCUT2D eigenvalue weighted by Gasteiger charge is -2.08. The molecule has 2 N–H and O–H groups in total. The van der Waals surface area contributed by atoms with Gasteiger partial charge in [0.15, 0.2) is 11.6 Å². The van der Waals surface area contributed by atoms with E-state index >= 15 is 0 Å². The zero-order chi connectivity index (χ0) is 15.7. The molecule has 1 saturated carbocycles. The predicted octanol–water partition coefficient (Wildman–Crippen LogP) is 2.59. The van der Waals surface area contributed by atoms with E-state index in [-0.39, 0.29) is 24.3 Å². The summed E-state index contributed by atoms with van der Waals surface area (Å²) in [6, 6.07) is 5.33. The molecule has 0 saturated heterocycles. The molecule has 1 aromatic heterocycles. The Balaban J connectivity index is 1.69. The van der Waals surface area contributed by atoms with Gasteiger partial charge in [0.05, 0.1) is 18.5 Å². The fourth-order valence-electron chi connectivity index (χ4n) is 2.50. The summed E-state index contributed by atoms with van der Waals surface area (Å²) >= 11 is 0. The van der Waals surface area contributed by atoms with Crippen LogP contribution in [0.5, 0.6) is 0 Å². The molecular formula is C16H14F2N2O2. The van der Waals surface area contributed by atoms with Crippen LogP contribution >= 0.6 is 0 Å². The second kappa shape index (κ2) is 5.81. The number of rotatable bonds is 4. The molecule has 114 valence electrons. The highest BCUT2D eigenvalue weighted by atomic mass is 19.2. The first-order chi connectivity index (χ1) is 10.6. The highest BCUT2D eigenvalue weighted by Crippen LogP contribution is 2.48. The van der Waals surface area contributed by atoms with Crippen LogP contribution in [0, 0.1) is 17.6 Å².